The van der Waals surface area contributed by atoms with Gasteiger partial charge < -0.3 is 15.7 Å². The number of amides is 1. The maximum Gasteiger partial charge on any atom is 0.224 e. The molecule has 0 aliphatic carbocycles. The predicted octanol–water partition coefficient (Wildman–Crippen LogP) is 1.95. The van der Waals surface area contributed by atoms with Gasteiger partial charge in [0, 0.05) is 24.7 Å². The summed E-state index contributed by atoms with van der Waals surface area (Å²) in [6.45, 7) is 3.67. The number of hydrogen-bond donors (Lipinski definition) is 4. The lowest BCUT2D eigenvalue weighted by Gasteiger charge is -2.09. The Balaban J connectivity index is 2.91. The highest BCUT2D eigenvalue weighted by molar-refractivity contribution is 7.80. The molecule has 114 valence electrons. The van der Waals surface area contributed by atoms with Crippen LogP contribution in [0.2, 0.25) is 0 Å². The van der Waals surface area contributed by atoms with E-state index in [1.807, 2.05) is 6.92 Å². The van der Waals surface area contributed by atoms with Gasteiger partial charge in [-0.05, 0) is 43.8 Å². The Morgan fingerprint density at radius 2 is 2.14 bits per heavy atom. The van der Waals surface area contributed by atoms with Crippen molar-refractivity contribution in [2.45, 2.75) is 26.7 Å². The average Bonchev–Trinajstić information content (AvgIpc) is 2.46. The first-order chi connectivity index (χ1) is 9.97. The van der Waals surface area contributed by atoms with Crippen molar-refractivity contribution in [1.29, 1.82) is 0 Å². The fourth-order valence-electron chi connectivity index (χ4n) is 1.60. The van der Waals surface area contributed by atoms with Crippen LogP contribution in [0, 0.1) is 0 Å². The Bertz CT molecular complexity index is 558. The van der Waals surface area contributed by atoms with Crippen LogP contribution in [-0.4, -0.2) is 28.9 Å². The van der Waals surface area contributed by atoms with Gasteiger partial charge in [0.25, 0.3) is 0 Å². The van der Waals surface area contributed by atoms with Gasteiger partial charge in [0.15, 0.2) is 5.11 Å². The van der Waals surface area contributed by atoms with Crippen LogP contribution in [0.5, 0.6) is 5.75 Å². The number of carbonyl (C=O) groups is 1. The number of hydrogen-bond acceptors (Lipinski definition) is 4. The number of nitrogens with one attached hydrogen (secondary N) is 3. The van der Waals surface area contributed by atoms with E-state index in [-0.39, 0.29) is 11.7 Å². The third-order valence-electron chi connectivity index (χ3n) is 2.70. The SMILES string of the molecule is CCCC(=O)Nc1ccc(O)c(/C(C)=N/NC(=S)NC)c1. The molecule has 0 unspecified atom stereocenters. The highest BCUT2D eigenvalue weighted by Crippen LogP contribution is 2.22. The minimum absolute atomic E-state index is 0.0572. The minimum Gasteiger partial charge on any atom is -0.507 e. The summed E-state index contributed by atoms with van der Waals surface area (Å²) in [6.07, 6.45) is 1.24. The second kappa shape index (κ2) is 8.21. The molecule has 4 N–H and O–H groups in total. The zero-order valence-corrected chi connectivity index (χ0v) is 13.2. The van der Waals surface area contributed by atoms with E-state index < -0.39 is 0 Å². The molecule has 0 heterocycles. The molecule has 0 saturated carbocycles. The number of nitrogens with zero attached hydrogens (tertiary/aromatic N) is 1. The van der Waals surface area contributed by atoms with Crippen molar-refractivity contribution in [3.63, 3.8) is 0 Å². The summed E-state index contributed by atoms with van der Waals surface area (Å²) in [5, 5.41) is 19.9. The standard InChI is InChI=1S/C14H20N4O2S/c1-4-5-13(20)16-10-6-7-12(19)11(8-10)9(2)17-18-14(21)15-3/h6-8,19H,4-5H2,1-3H3,(H,16,20)(H2,15,18,21)/b17-9+. The number of rotatable bonds is 5. The third-order valence-corrected chi connectivity index (χ3v) is 2.99. The summed E-state index contributed by atoms with van der Waals surface area (Å²) in [6, 6.07) is 4.84. The second-order valence-corrected chi connectivity index (χ2v) is 4.83. The van der Waals surface area contributed by atoms with E-state index in [1.165, 1.54) is 6.07 Å². The molecule has 1 aromatic carbocycles. The summed E-state index contributed by atoms with van der Waals surface area (Å²) < 4.78 is 0. The average molecular weight is 308 g/mol. The molecule has 0 atom stereocenters. The van der Waals surface area contributed by atoms with E-state index in [1.54, 1.807) is 26.1 Å². The summed E-state index contributed by atoms with van der Waals surface area (Å²) >= 11 is 4.92. The van der Waals surface area contributed by atoms with Crippen LogP contribution in [0.25, 0.3) is 0 Å². The quantitative estimate of drug-likeness (QED) is 0.289. The number of phenolic OH excluding ortho intramolecular Hbond substituents is 1. The molecule has 6 nitrogen and oxygen atoms in total. The van der Waals surface area contributed by atoms with Crippen LogP contribution in [0.3, 0.4) is 0 Å². The van der Waals surface area contributed by atoms with Crippen LogP contribution < -0.4 is 16.1 Å². The van der Waals surface area contributed by atoms with Gasteiger partial charge in [0.2, 0.25) is 5.91 Å². The number of aromatic hydroxyl groups is 1. The van der Waals surface area contributed by atoms with Crippen molar-refractivity contribution in [2.75, 3.05) is 12.4 Å². The molecule has 0 aliphatic rings. The maximum atomic E-state index is 11.6. The lowest BCUT2D eigenvalue weighted by molar-refractivity contribution is -0.116. The molecular formula is C14H20N4O2S. The number of carbonyl (C=O) groups excluding carboxylic acids is 1. The Morgan fingerprint density at radius 3 is 2.76 bits per heavy atom. The number of phenols is 1. The first-order valence-electron chi connectivity index (χ1n) is 6.63. The zero-order valence-electron chi connectivity index (χ0n) is 12.4. The van der Waals surface area contributed by atoms with Crippen molar-refractivity contribution >= 4 is 34.6 Å². The number of thiocarbonyl (C=S) groups is 1. The van der Waals surface area contributed by atoms with Crippen LogP contribution in [0.4, 0.5) is 5.69 Å². The van der Waals surface area contributed by atoms with Crippen LogP contribution in [0.15, 0.2) is 23.3 Å². The topological polar surface area (TPSA) is 85.8 Å². The number of anilines is 1. The van der Waals surface area contributed by atoms with Gasteiger partial charge in [-0.1, -0.05) is 6.92 Å². The van der Waals surface area contributed by atoms with E-state index in [0.29, 0.717) is 28.5 Å². The molecule has 1 amide bonds. The third kappa shape index (κ3) is 5.39. The van der Waals surface area contributed by atoms with E-state index >= 15 is 0 Å². The summed E-state index contributed by atoms with van der Waals surface area (Å²) in [4.78, 5) is 11.6. The molecule has 0 spiro atoms. The lowest BCUT2D eigenvalue weighted by Crippen LogP contribution is -2.29. The molecule has 7 heteroatoms. The molecule has 1 rings (SSSR count). The first kappa shape index (κ1) is 16.9. The van der Waals surface area contributed by atoms with Crippen LogP contribution in [-0.2, 0) is 4.79 Å². The van der Waals surface area contributed by atoms with Crippen LogP contribution >= 0.6 is 12.2 Å². The van der Waals surface area contributed by atoms with Crippen LogP contribution in [0.1, 0.15) is 32.3 Å². The Labute approximate surface area is 129 Å². The molecule has 0 aromatic heterocycles. The molecular weight excluding hydrogens is 288 g/mol. The lowest BCUT2D eigenvalue weighted by atomic mass is 10.1. The van der Waals surface area contributed by atoms with Gasteiger partial charge in [-0.2, -0.15) is 5.10 Å². The fraction of sp³-hybridized carbons (Fsp3) is 0.357. The van der Waals surface area contributed by atoms with Gasteiger partial charge in [0.1, 0.15) is 5.75 Å². The van der Waals surface area contributed by atoms with E-state index in [9.17, 15) is 9.90 Å². The Hall–Kier alpha value is -2.15. The molecule has 0 bridgehead atoms. The van der Waals surface area contributed by atoms with Gasteiger partial charge in [-0.3, -0.25) is 10.2 Å². The highest BCUT2D eigenvalue weighted by Gasteiger charge is 2.08. The fourth-order valence-corrected chi connectivity index (χ4v) is 1.65. The Morgan fingerprint density at radius 1 is 1.43 bits per heavy atom. The van der Waals surface area contributed by atoms with E-state index in [4.69, 9.17) is 12.2 Å². The predicted molar refractivity (Wildman–Crippen MR) is 88.6 cm³/mol. The summed E-state index contributed by atoms with van der Waals surface area (Å²) in [5.41, 5.74) is 4.34. The van der Waals surface area contributed by atoms with E-state index in [0.717, 1.165) is 6.42 Å². The largest absolute Gasteiger partial charge is 0.507 e. The first-order valence-corrected chi connectivity index (χ1v) is 7.04. The van der Waals surface area contributed by atoms with Gasteiger partial charge in [-0.15, -0.1) is 0 Å². The van der Waals surface area contributed by atoms with Gasteiger partial charge >= 0.3 is 0 Å². The molecule has 0 radical (unpaired) electrons. The van der Waals surface area contributed by atoms with Gasteiger partial charge in [-0.25, -0.2) is 0 Å². The smallest absolute Gasteiger partial charge is 0.224 e. The molecule has 1 aromatic rings. The summed E-state index contributed by atoms with van der Waals surface area (Å²) in [5.74, 6) is 0.0279. The van der Waals surface area contributed by atoms with Crippen molar-refractivity contribution in [3.8, 4) is 5.75 Å². The summed E-state index contributed by atoms with van der Waals surface area (Å²) in [7, 11) is 1.68. The minimum atomic E-state index is -0.0572. The van der Waals surface area contributed by atoms with E-state index in [2.05, 4.69) is 21.2 Å². The number of benzene rings is 1. The molecule has 21 heavy (non-hydrogen) atoms. The second-order valence-electron chi connectivity index (χ2n) is 4.42. The van der Waals surface area contributed by atoms with Gasteiger partial charge in [0.05, 0.1) is 5.71 Å². The van der Waals surface area contributed by atoms with Crippen molar-refractivity contribution < 1.29 is 9.90 Å². The zero-order chi connectivity index (χ0) is 15.8. The maximum absolute atomic E-state index is 11.6. The van der Waals surface area contributed by atoms with Crippen molar-refractivity contribution in [1.82, 2.24) is 10.7 Å². The normalized spacial score (nSPS) is 10.9. The number of hydrazone groups is 1. The van der Waals surface area contributed by atoms with Crippen molar-refractivity contribution in [3.05, 3.63) is 23.8 Å². The molecule has 0 aliphatic heterocycles. The van der Waals surface area contributed by atoms with Crippen molar-refractivity contribution in [2.24, 2.45) is 5.10 Å². The molecule has 0 saturated heterocycles. The monoisotopic (exact) mass is 308 g/mol. The highest BCUT2D eigenvalue weighted by atomic mass is 32.1. The Kier molecular flexibility index (Phi) is 6.61. The molecule has 0 fully saturated rings.